The summed E-state index contributed by atoms with van der Waals surface area (Å²) in [6.45, 7) is 7.51. The number of allylic oxidation sites excluding steroid dienone is 2. The van der Waals surface area contributed by atoms with Crippen LogP contribution in [0.25, 0.3) is 12.4 Å². The number of carbonyl (C=O) groups excluding carboxylic acids is 3. The largest absolute Gasteiger partial charge is 0.344 e. The summed E-state index contributed by atoms with van der Waals surface area (Å²) < 4.78 is 2.36. The van der Waals surface area contributed by atoms with Gasteiger partial charge in [-0.3, -0.25) is 14.5 Å². The van der Waals surface area contributed by atoms with Crippen molar-refractivity contribution in [3.63, 3.8) is 0 Å². The Labute approximate surface area is 178 Å². The summed E-state index contributed by atoms with van der Waals surface area (Å²) in [7, 11) is 0. The monoisotopic (exact) mass is 433 g/mol. The summed E-state index contributed by atoms with van der Waals surface area (Å²) in [6.07, 6.45) is 8.91. The first-order chi connectivity index (χ1) is 14.9. The Balaban J connectivity index is 3.20. The van der Waals surface area contributed by atoms with Gasteiger partial charge in [0.25, 0.3) is 0 Å². The number of unbranched alkanes of at least 4 members (excludes halogenated alkanes) is 2. The minimum atomic E-state index is -0.905. The maximum absolute atomic E-state index is 12.5. The number of rotatable bonds is 12. The molecule has 0 aliphatic rings. The third-order valence-corrected chi connectivity index (χ3v) is 4.26. The molecule has 31 heavy (non-hydrogen) atoms. The first-order valence-electron chi connectivity index (χ1n) is 9.82. The van der Waals surface area contributed by atoms with Crippen LogP contribution in [0.5, 0.6) is 0 Å². The van der Waals surface area contributed by atoms with Crippen LogP contribution in [0.1, 0.15) is 39.5 Å². The average molecular weight is 433 g/mol. The quantitative estimate of drug-likeness (QED) is 0.356. The number of hydrogen-bond acceptors (Lipinski definition) is 6. The number of carbonyl (C=O) groups is 3. The lowest BCUT2D eigenvalue weighted by molar-refractivity contribution is -0.117. The number of aromatic nitrogens is 3. The molecule has 0 aliphatic heterocycles. The standard InChI is InChI=1S/C20H27N5O6/c1-4-7-11-21(15-26)17(28)22(16-27)12-9-10-14-25-19(30)23(6-3)18(29)24(20(25)31)13-8-5-2/h6,9-10,12,14-16H,3-5,7-8,11,13H2,1-2H3/b12-9+,14-10+. The van der Waals surface area contributed by atoms with E-state index in [-0.39, 0.29) is 19.5 Å². The van der Waals surface area contributed by atoms with Crippen LogP contribution in [0, 0.1) is 0 Å². The number of hydrogen-bond donors (Lipinski definition) is 0. The van der Waals surface area contributed by atoms with Crippen LogP contribution in [0.15, 0.2) is 39.3 Å². The van der Waals surface area contributed by atoms with Crippen LogP contribution in [0.4, 0.5) is 4.79 Å². The van der Waals surface area contributed by atoms with E-state index < -0.39 is 23.1 Å². The van der Waals surface area contributed by atoms with Gasteiger partial charge in [-0.2, -0.15) is 0 Å². The molecule has 1 heterocycles. The van der Waals surface area contributed by atoms with Crippen molar-refractivity contribution in [2.45, 2.75) is 46.1 Å². The number of urea groups is 1. The Morgan fingerprint density at radius 1 is 0.935 bits per heavy atom. The molecule has 0 aliphatic carbocycles. The SMILES string of the molecule is C=Cn1c(=O)n(/C=C/C=C/N(C=O)C(=O)N(C=O)CCCC)c(=O)n(CCCC)c1=O. The highest BCUT2D eigenvalue weighted by Crippen LogP contribution is 1.99. The molecule has 11 heteroatoms. The second-order valence-corrected chi connectivity index (χ2v) is 6.41. The normalized spacial score (nSPS) is 11.0. The van der Waals surface area contributed by atoms with E-state index in [0.29, 0.717) is 28.7 Å². The molecule has 0 radical (unpaired) electrons. The molecule has 11 nitrogen and oxygen atoms in total. The Kier molecular flexibility index (Phi) is 10.4. The summed E-state index contributed by atoms with van der Waals surface area (Å²) >= 11 is 0. The van der Waals surface area contributed by atoms with E-state index in [4.69, 9.17) is 0 Å². The molecule has 0 N–H and O–H groups in total. The van der Waals surface area contributed by atoms with Crippen LogP contribution < -0.4 is 17.1 Å². The third-order valence-electron chi connectivity index (χ3n) is 4.26. The van der Waals surface area contributed by atoms with Crippen LogP contribution in [-0.4, -0.2) is 48.9 Å². The maximum atomic E-state index is 12.5. The first-order valence-corrected chi connectivity index (χ1v) is 9.82. The fourth-order valence-corrected chi connectivity index (χ4v) is 2.51. The lowest BCUT2D eigenvalue weighted by Crippen LogP contribution is -2.51. The van der Waals surface area contributed by atoms with Crippen molar-refractivity contribution in [2.24, 2.45) is 0 Å². The van der Waals surface area contributed by atoms with Crippen LogP contribution >= 0.6 is 0 Å². The molecule has 1 rings (SSSR count). The van der Waals surface area contributed by atoms with Crippen molar-refractivity contribution >= 4 is 31.3 Å². The Bertz CT molecular complexity index is 1030. The number of amides is 4. The molecule has 168 valence electrons. The van der Waals surface area contributed by atoms with Gasteiger partial charge in [-0.15, -0.1) is 0 Å². The Morgan fingerprint density at radius 2 is 1.58 bits per heavy atom. The van der Waals surface area contributed by atoms with E-state index in [9.17, 15) is 28.8 Å². The van der Waals surface area contributed by atoms with Gasteiger partial charge >= 0.3 is 23.1 Å². The van der Waals surface area contributed by atoms with Crippen LogP contribution in [-0.2, 0) is 16.1 Å². The Morgan fingerprint density at radius 3 is 2.13 bits per heavy atom. The van der Waals surface area contributed by atoms with Crippen LogP contribution in [0.3, 0.4) is 0 Å². The molecule has 1 aromatic rings. The van der Waals surface area contributed by atoms with Gasteiger partial charge in [0.15, 0.2) is 0 Å². The summed E-state index contributed by atoms with van der Waals surface area (Å²) in [5, 5.41) is 0. The van der Waals surface area contributed by atoms with E-state index >= 15 is 0 Å². The van der Waals surface area contributed by atoms with Crippen molar-refractivity contribution < 1.29 is 14.4 Å². The third kappa shape index (κ3) is 6.36. The second kappa shape index (κ2) is 12.7. The molecule has 0 aromatic carbocycles. The molecule has 1 aromatic heterocycles. The fraction of sp³-hybridized carbons (Fsp3) is 0.400. The molecular weight excluding hydrogens is 406 g/mol. The lowest BCUT2D eigenvalue weighted by Gasteiger charge is -2.19. The lowest BCUT2D eigenvalue weighted by atomic mass is 10.3. The molecule has 0 saturated carbocycles. The predicted octanol–water partition coefficient (Wildman–Crippen LogP) is 0.894. The van der Waals surface area contributed by atoms with Crippen molar-refractivity contribution in [1.29, 1.82) is 0 Å². The van der Waals surface area contributed by atoms with Gasteiger partial charge in [0, 0.05) is 31.7 Å². The minimum Gasteiger partial charge on any atom is -0.278 e. The van der Waals surface area contributed by atoms with Gasteiger partial charge < -0.3 is 0 Å². The Hall–Kier alpha value is -3.76. The summed E-state index contributed by atoms with van der Waals surface area (Å²) in [6, 6.07) is -0.831. The summed E-state index contributed by atoms with van der Waals surface area (Å²) in [4.78, 5) is 73.2. The van der Waals surface area contributed by atoms with Gasteiger partial charge in [0.2, 0.25) is 12.8 Å². The highest BCUT2D eigenvalue weighted by Gasteiger charge is 2.17. The molecule has 0 atom stereocenters. The van der Waals surface area contributed by atoms with Gasteiger partial charge in [-0.05, 0) is 25.0 Å². The van der Waals surface area contributed by atoms with Gasteiger partial charge in [-0.25, -0.2) is 37.8 Å². The average Bonchev–Trinajstić information content (AvgIpc) is 2.76. The second-order valence-electron chi connectivity index (χ2n) is 6.41. The molecule has 4 amide bonds. The predicted molar refractivity (Wildman–Crippen MR) is 116 cm³/mol. The highest BCUT2D eigenvalue weighted by molar-refractivity contribution is 5.92. The summed E-state index contributed by atoms with van der Waals surface area (Å²) in [5.41, 5.74) is -2.50. The zero-order valence-electron chi connectivity index (χ0n) is 17.7. The molecule has 0 saturated heterocycles. The smallest absolute Gasteiger partial charge is 0.278 e. The van der Waals surface area contributed by atoms with Crippen molar-refractivity contribution in [3.05, 3.63) is 56.4 Å². The molecule has 0 fully saturated rings. The molecule has 0 spiro atoms. The number of imide groups is 2. The number of nitrogens with zero attached hydrogens (tertiary/aromatic N) is 5. The molecule has 0 bridgehead atoms. The zero-order chi connectivity index (χ0) is 23.4. The van der Waals surface area contributed by atoms with Crippen LogP contribution in [0.2, 0.25) is 0 Å². The van der Waals surface area contributed by atoms with E-state index in [1.54, 1.807) is 0 Å². The fourth-order valence-electron chi connectivity index (χ4n) is 2.51. The van der Waals surface area contributed by atoms with Gasteiger partial charge in [0.1, 0.15) is 0 Å². The van der Waals surface area contributed by atoms with Gasteiger partial charge in [-0.1, -0.05) is 33.3 Å². The highest BCUT2D eigenvalue weighted by atomic mass is 16.2. The van der Waals surface area contributed by atoms with E-state index in [2.05, 4.69) is 6.58 Å². The van der Waals surface area contributed by atoms with E-state index in [0.717, 1.165) is 45.5 Å². The molecular formula is C20H27N5O6. The molecule has 0 unspecified atom stereocenters. The first kappa shape index (κ1) is 25.3. The topological polar surface area (TPSA) is 124 Å². The van der Waals surface area contributed by atoms with E-state index in [1.165, 1.54) is 12.2 Å². The summed E-state index contributed by atoms with van der Waals surface area (Å²) in [5.74, 6) is 0. The van der Waals surface area contributed by atoms with Crippen molar-refractivity contribution in [1.82, 2.24) is 23.5 Å². The minimum absolute atomic E-state index is 0.138. The zero-order valence-corrected chi connectivity index (χ0v) is 17.7. The van der Waals surface area contributed by atoms with Crippen molar-refractivity contribution in [2.75, 3.05) is 6.54 Å². The van der Waals surface area contributed by atoms with E-state index in [1.807, 2.05) is 13.8 Å². The van der Waals surface area contributed by atoms with Gasteiger partial charge in [0.05, 0.1) is 0 Å². The van der Waals surface area contributed by atoms with Crippen molar-refractivity contribution in [3.8, 4) is 0 Å². The maximum Gasteiger partial charge on any atom is 0.344 e.